The summed E-state index contributed by atoms with van der Waals surface area (Å²) in [7, 11) is 0. The van der Waals surface area contributed by atoms with Crippen molar-refractivity contribution in [2.75, 3.05) is 17.2 Å². The molecule has 0 spiro atoms. The summed E-state index contributed by atoms with van der Waals surface area (Å²) in [6.45, 7) is 0. The molecule has 0 bridgehead atoms. The molecule has 7 N–H and O–H groups in total. The Balaban J connectivity index is 1.92. The van der Waals surface area contributed by atoms with E-state index >= 15 is 0 Å². The Bertz CT molecular complexity index is 641. The summed E-state index contributed by atoms with van der Waals surface area (Å²) in [5.41, 5.74) is 10.1. The molecule has 0 saturated carbocycles. The molecule has 0 aromatic carbocycles. The van der Waals surface area contributed by atoms with Gasteiger partial charge in [0.15, 0.2) is 6.23 Å². The van der Waals surface area contributed by atoms with Crippen LogP contribution in [-0.2, 0) is 9.53 Å². The maximum Gasteiger partial charge on any atom is 0.351 e. The molecule has 0 amide bonds. The van der Waals surface area contributed by atoms with Gasteiger partial charge in [-0.25, -0.2) is 4.79 Å². The molecular weight excluding hydrogens is 340 g/mol. The third-order valence-corrected chi connectivity index (χ3v) is 4.72. The number of carboxylic acids is 1. The lowest BCUT2D eigenvalue weighted by Gasteiger charge is -2.16. The number of nitrogen functional groups attached to an aromatic ring is 1. The van der Waals surface area contributed by atoms with Gasteiger partial charge < -0.3 is 31.5 Å². The van der Waals surface area contributed by atoms with Crippen molar-refractivity contribution in [2.45, 2.75) is 37.0 Å². The third kappa shape index (κ3) is 4.24. The van der Waals surface area contributed by atoms with E-state index < -0.39 is 42.2 Å². The normalized spacial score (nSPS) is 28.0. The number of ether oxygens (including phenoxy) is 1. The molecule has 11 heteroatoms. The van der Waals surface area contributed by atoms with Crippen LogP contribution in [0.3, 0.4) is 0 Å². The SMILES string of the molecule is Nc1ccn([C@@H]2O[C@H](CSCC[C@H](N)C(=O)O)[C@@H](O)[C@H]2O)c(=O)n1. The molecule has 0 unspecified atom stereocenters. The number of anilines is 1. The highest BCUT2D eigenvalue weighted by molar-refractivity contribution is 7.99. The molecule has 24 heavy (non-hydrogen) atoms. The molecule has 1 aromatic heterocycles. The zero-order valence-electron chi connectivity index (χ0n) is 12.7. The predicted molar refractivity (Wildman–Crippen MR) is 86.4 cm³/mol. The van der Waals surface area contributed by atoms with Crippen LogP contribution in [0.15, 0.2) is 17.1 Å². The molecular formula is C13H20N4O6S. The van der Waals surface area contributed by atoms with Gasteiger partial charge in [-0.2, -0.15) is 16.7 Å². The zero-order chi connectivity index (χ0) is 17.9. The summed E-state index contributed by atoms with van der Waals surface area (Å²) >= 11 is 1.34. The van der Waals surface area contributed by atoms with E-state index in [-0.39, 0.29) is 12.2 Å². The van der Waals surface area contributed by atoms with Crippen LogP contribution in [0.1, 0.15) is 12.6 Å². The van der Waals surface area contributed by atoms with E-state index in [0.717, 1.165) is 4.57 Å². The fourth-order valence-electron chi connectivity index (χ4n) is 2.25. The van der Waals surface area contributed by atoms with Crippen LogP contribution in [-0.4, -0.2) is 66.7 Å². The number of carbonyl (C=O) groups is 1. The number of nitrogens with two attached hydrogens (primary N) is 2. The van der Waals surface area contributed by atoms with Gasteiger partial charge in [0.25, 0.3) is 0 Å². The third-order valence-electron chi connectivity index (χ3n) is 3.64. The minimum absolute atomic E-state index is 0.0474. The molecule has 2 heterocycles. The lowest BCUT2D eigenvalue weighted by molar-refractivity contribution is -0.138. The van der Waals surface area contributed by atoms with Crippen molar-refractivity contribution < 1.29 is 24.9 Å². The Morgan fingerprint density at radius 3 is 2.79 bits per heavy atom. The first-order valence-electron chi connectivity index (χ1n) is 7.23. The Morgan fingerprint density at radius 1 is 1.46 bits per heavy atom. The largest absolute Gasteiger partial charge is 0.480 e. The molecule has 0 radical (unpaired) electrons. The van der Waals surface area contributed by atoms with Gasteiger partial charge >= 0.3 is 11.7 Å². The molecule has 134 valence electrons. The number of thioether (sulfide) groups is 1. The summed E-state index contributed by atoms with van der Waals surface area (Å²) in [5, 5.41) is 28.9. The van der Waals surface area contributed by atoms with E-state index in [2.05, 4.69) is 4.98 Å². The molecule has 2 rings (SSSR count). The van der Waals surface area contributed by atoms with E-state index in [9.17, 15) is 19.8 Å². The number of aliphatic hydroxyl groups excluding tert-OH is 2. The van der Waals surface area contributed by atoms with Crippen LogP contribution < -0.4 is 17.2 Å². The average molecular weight is 360 g/mol. The second kappa shape index (κ2) is 7.94. The van der Waals surface area contributed by atoms with Gasteiger partial charge in [-0.05, 0) is 18.2 Å². The van der Waals surface area contributed by atoms with Crippen molar-refractivity contribution >= 4 is 23.5 Å². The lowest BCUT2D eigenvalue weighted by Crippen LogP contribution is -2.36. The summed E-state index contributed by atoms with van der Waals surface area (Å²) in [5.74, 6) is -0.243. The van der Waals surface area contributed by atoms with Crippen LogP contribution in [0.2, 0.25) is 0 Å². The number of carboxylic acid groups (broad SMARTS) is 1. The number of hydrogen-bond donors (Lipinski definition) is 5. The first-order chi connectivity index (χ1) is 11.3. The number of aromatic nitrogens is 2. The highest BCUT2D eigenvalue weighted by atomic mass is 32.2. The second-order valence-corrected chi connectivity index (χ2v) is 6.55. The van der Waals surface area contributed by atoms with E-state index in [1.165, 1.54) is 24.0 Å². The van der Waals surface area contributed by atoms with Gasteiger partial charge in [-0.3, -0.25) is 9.36 Å². The van der Waals surface area contributed by atoms with Gasteiger partial charge in [0.1, 0.15) is 24.1 Å². The van der Waals surface area contributed by atoms with Crippen LogP contribution >= 0.6 is 11.8 Å². The summed E-state index contributed by atoms with van der Waals surface area (Å²) in [6, 6.07) is 0.448. The van der Waals surface area contributed by atoms with Crippen molar-refractivity contribution in [3.63, 3.8) is 0 Å². The maximum absolute atomic E-state index is 11.8. The van der Waals surface area contributed by atoms with Crippen LogP contribution in [0.5, 0.6) is 0 Å². The van der Waals surface area contributed by atoms with Crippen molar-refractivity contribution in [1.29, 1.82) is 0 Å². The highest BCUT2D eigenvalue weighted by Gasteiger charge is 2.43. The smallest absolute Gasteiger partial charge is 0.351 e. The molecule has 1 fully saturated rings. The number of hydrogen-bond acceptors (Lipinski definition) is 9. The molecule has 5 atom stereocenters. The van der Waals surface area contributed by atoms with Crippen LogP contribution in [0.4, 0.5) is 5.82 Å². The molecule has 10 nitrogen and oxygen atoms in total. The summed E-state index contributed by atoms with van der Waals surface area (Å²) in [6.07, 6.45) is -2.63. The Morgan fingerprint density at radius 2 is 2.17 bits per heavy atom. The topological polar surface area (TPSA) is 174 Å². The highest BCUT2D eigenvalue weighted by Crippen LogP contribution is 2.30. The summed E-state index contributed by atoms with van der Waals surface area (Å²) in [4.78, 5) is 26.0. The van der Waals surface area contributed by atoms with Gasteiger partial charge in [-0.15, -0.1) is 0 Å². The monoisotopic (exact) mass is 360 g/mol. The standard InChI is InChI=1S/C13H20N4O6S/c14-6(12(20)21)2-4-24-5-7-9(18)10(19)11(23-7)17-3-1-8(15)16-13(17)22/h1,3,6-7,9-11,18-19H,2,4-5,14H2,(H,20,21)(H2,15,16,22)/t6-,7+,9+,10+,11+/m0/s1. The number of aliphatic hydroxyl groups is 2. The fraction of sp³-hybridized carbons (Fsp3) is 0.615. The lowest BCUT2D eigenvalue weighted by atomic mass is 10.1. The summed E-state index contributed by atoms with van der Waals surface area (Å²) < 4.78 is 6.63. The average Bonchev–Trinajstić information content (AvgIpc) is 2.79. The molecule has 1 aliphatic rings. The fourth-order valence-corrected chi connectivity index (χ4v) is 3.34. The first-order valence-corrected chi connectivity index (χ1v) is 8.39. The zero-order valence-corrected chi connectivity index (χ0v) is 13.5. The predicted octanol–water partition coefficient (Wildman–Crippen LogP) is -2.02. The molecule has 1 saturated heterocycles. The van der Waals surface area contributed by atoms with Crippen molar-refractivity contribution in [1.82, 2.24) is 9.55 Å². The Labute approximate surface area is 141 Å². The van der Waals surface area contributed by atoms with Gasteiger partial charge in [0.05, 0.1) is 6.10 Å². The number of aliphatic carboxylic acids is 1. The minimum atomic E-state index is -1.29. The van der Waals surface area contributed by atoms with Crippen molar-refractivity contribution in [3.8, 4) is 0 Å². The van der Waals surface area contributed by atoms with Crippen LogP contribution in [0, 0.1) is 0 Å². The molecule has 0 aliphatic carbocycles. The van der Waals surface area contributed by atoms with Crippen molar-refractivity contribution in [3.05, 3.63) is 22.7 Å². The quantitative estimate of drug-likeness (QED) is 0.341. The number of nitrogens with zero attached hydrogens (tertiary/aromatic N) is 2. The van der Waals surface area contributed by atoms with E-state index in [1.54, 1.807) is 0 Å². The van der Waals surface area contributed by atoms with E-state index in [4.69, 9.17) is 21.3 Å². The number of rotatable bonds is 7. The minimum Gasteiger partial charge on any atom is -0.480 e. The second-order valence-electron chi connectivity index (χ2n) is 5.40. The van der Waals surface area contributed by atoms with Gasteiger partial charge in [0, 0.05) is 11.9 Å². The maximum atomic E-state index is 11.8. The van der Waals surface area contributed by atoms with Crippen LogP contribution in [0.25, 0.3) is 0 Å². The van der Waals surface area contributed by atoms with Gasteiger partial charge in [0.2, 0.25) is 0 Å². The molecule has 1 aromatic rings. The Hall–Kier alpha value is -1.66. The van der Waals surface area contributed by atoms with E-state index in [1.807, 2.05) is 0 Å². The molecule has 1 aliphatic heterocycles. The van der Waals surface area contributed by atoms with Gasteiger partial charge in [-0.1, -0.05) is 0 Å². The van der Waals surface area contributed by atoms with E-state index in [0.29, 0.717) is 11.5 Å². The Kier molecular flexibility index (Phi) is 6.18. The van der Waals surface area contributed by atoms with Crippen molar-refractivity contribution in [2.24, 2.45) is 5.73 Å². The first kappa shape index (κ1) is 18.7.